The first kappa shape index (κ1) is 16.0. The van der Waals surface area contributed by atoms with E-state index in [9.17, 15) is 13.2 Å². The Morgan fingerprint density at radius 2 is 2.00 bits per heavy atom. The molecule has 0 amide bonds. The summed E-state index contributed by atoms with van der Waals surface area (Å²) >= 11 is 0. The fourth-order valence-corrected chi connectivity index (χ4v) is 1.96. The summed E-state index contributed by atoms with van der Waals surface area (Å²) in [6, 6.07) is 4.55. The summed E-state index contributed by atoms with van der Waals surface area (Å²) in [7, 11) is 1.43. The fourth-order valence-electron chi connectivity index (χ4n) is 1.96. The molecular weight excluding hydrogens is 327 g/mol. The Morgan fingerprint density at radius 1 is 1.25 bits per heavy atom. The van der Waals surface area contributed by atoms with Crippen LogP contribution in [0.15, 0.2) is 35.5 Å². The Labute approximate surface area is 134 Å². The minimum atomic E-state index is -4.39. The molecular formula is C14H12F3N5O2. The van der Waals surface area contributed by atoms with E-state index in [1.807, 2.05) is 0 Å². The number of hydrogen-bond acceptors (Lipinski definition) is 7. The van der Waals surface area contributed by atoms with Crippen molar-refractivity contribution in [1.82, 2.24) is 15.4 Å². The van der Waals surface area contributed by atoms with E-state index in [4.69, 9.17) is 9.57 Å². The summed E-state index contributed by atoms with van der Waals surface area (Å²) < 4.78 is 42.9. The lowest BCUT2D eigenvalue weighted by molar-refractivity contribution is -0.137. The number of hydrogen-bond donors (Lipinski definition) is 2. The first-order chi connectivity index (χ1) is 11.5. The molecule has 0 saturated carbocycles. The van der Waals surface area contributed by atoms with Gasteiger partial charge >= 0.3 is 6.18 Å². The molecule has 0 fully saturated rings. The number of rotatable bonds is 4. The number of alkyl halides is 3. The van der Waals surface area contributed by atoms with E-state index in [1.54, 1.807) is 0 Å². The van der Waals surface area contributed by atoms with Gasteiger partial charge in [0, 0.05) is 5.69 Å². The molecule has 2 aromatic rings. The summed E-state index contributed by atoms with van der Waals surface area (Å²) in [6.07, 6.45) is -2.99. The van der Waals surface area contributed by atoms with Gasteiger partial charge in [-0.05, 0) is 24.3 Å². The molecule has 0 bridgehead atoms. The zero-order valence-corrected chi connectivity index (χ0v) is 12.4. The van der Waals surface area contributed by atoms with Gasteiger partial charge in [0.2, 0.25) is 5.88 Å². The van der Waals surface area contributed by atoms with Gasteiger partial charge in [-0.1, -0.05) is 0 Å². The van der Waals surface area contributed by atoms with Crippen molar-refractivity contribution in [3.8, 4) is 5.88 Å². The molecule has 126 valence electrons. The number of nitrogens with one attached hydrogen (secondary N) is 2. The number of anilines is 2. The van der Waals surface area contributed by atoms with Crippen LogP contribution in [0.25, 0.3) is 0 Å². The summed E-state index contributed by atoms with van der Waals surface area (Å²) in [5.74, 6) is 0.873. The van der Waals surface area contributed by atoms with Crippen molar-refractivity contribution in [1.29, 1.82) is 0 Å². The number of nitrogens with zero attached hydrogens (tertiary/aromatic N) is 3. The van der Waals surface area contributed by atoms with Gasteiger partial charge < -0.3 is 10.1 Å². The molecule has 0 atom stereocenters. The molecule has 1 aromatic heterocycles. The first-order valence-electron chi connectivity index (χ1n) is 6.75. The van der Waals surface area contributed by atoms with Crippen LogP contribution >= 0.6 is 0 Å². The second kappa shape index (κ2) is 6.32. The predicted octanol–water partition coefficient (Wildman–Crippen LogP) is 2.49. The van der Waals surface area contributed by atoms with Crippen molar-refractivity contribution in [2.75, 3.05) is 19.2 Å². The topological polar surface area (TPSA) is 80.7 Å². The lowest BCUT2D eigenvalue weighted by atomic mass is 10.2. The third-order valence-electron chi connectivity index (χ3n) is 3.11. The van der Waals surface area contributed by atoms with Crippen LogP contribution in [0.4, 0.5) is 24.7 Å². The second-order valence-corrected chi connectivity index (χ2v) is 4.69. The van der Waals surface area contributed by atoms with E-state index in [2.05, 4.69) is 25.8 Å². The zero-order valence-electron chi connectivity index (χ0n) is 12.4. The van der Waals surface area contributed by atoms with Gasteiger partial charge in [0.05, 0.1) is 18.9 Å². The smallest absolute Gasteiger partial charge is 0.416 e. The quantitative estimate of drug-likeness (QED) is 0.891. The van der Waals surface area contributed by atoms with Crippen LogP contribution in [0.5, 0.6) is 5.88 Å². The van der Waals surface area contributed by atoms with E-state index < -0.39 is 11.7 Å². The van der Waals surface area contributed by atoms with Crippen molar-refractivity contribution >= 4 is 17.3 Å². The van der Waals surface area contributed by atoms with Crippen LogP contribution < -0.4 is 15.5 Å². The fraction of sp³-hybridized carbons (Fsp3) is 0.214. The van der Waals surface area contributed by atoms with E-state index in [1.165, 1.54) is 25.4 Å². The van der Waals surface area contributed by atoms with Gasteiger partial charge in [0.15, 0.2) is 24.1 Å². The van der Waals surface area contributed by atoms with Crippen molar-refractivity contribution < 1.29 is 22.7 Å². The average Bonchev–Trinajstić information content (AvgIpc) is 3.08. The highest BCUT2D eigenvalue weighted by molar-refractivity contribution is 6.01. The van der Waals surface area contributed by atoms with E-state index >= 15 is 0 Å². The molecule has 3 rings (SSSR count). The molecule has 0 spiro atoms. The molecule has 0 radical (unpaired) electrons. The number of hydroxylamine groups is 1. The monoisotopic (exact) mass is 339 g/mol. The largest absolute Gasteiger partial charge is 0.480 e. The van der Waals surface area contributed by atoms with Crippen molar-refractivity contribution in [3.05, 3.63) is 41.7 Å². The Bertz CT molecular complexity index is 762. The highest BCUT2D eigenvalue weighted by atomic mass is 19.4. The van der Waals surface area contributed by atoms with Crippen LogP contribution in [0.3, 0.4) is 0 Å². The zero-order chi connectivity index (χ0) is 17.2. The Morgan fingerprint density at radius 3 is 2.58 bits per heavy atom. The summed E-state index contributed by atoms with van der Waals surface area (Å²) in [5.41, 5.74) is 2.61. The average molecular weight is 339 g/mol. The number of benzene rings is 1. The van der Waals surface area contributed by atoms with Gasteiger partial charge in [0.1, 0.15) is 0 Å². The molecule has 2 heterocycles. The van der Waals surface area contributed by atoms with E-state index in [-0.39, 0.29) is 18.4 Å². The third kappa shape index (κ3) is 3.38. The summed E-state index contributed by atoms with van der Waals surface area (Å²) in [6.45, 7) is 0.128. The maximum atomic E-state index is 12.6. The molecule has 1 aromatic carbocycles. The Kier molecular flexibility index (Phi) is 4.21. The highest BCUT2D eigenvalue weighted by Crippen LogP contribution is 2.30. The molecule has 0 saturated heterocycles. The molecule has 0 aliphatic carbocycles. The number of aliphatic imine (C=N–C) groups is 1. The summed E-state index contributed by atoms with van der Waals surface area (Å²) in [4.78, 5) is 17.4. The van der Waals surface area contributed by atoms with Crippen LogP contribution in [-0.4, -0.2) is 29.6 Å². The van der Waals surface area contributed by atoms with Gasteiger partial charge in [-0.15, -0.1) is 0 Å². The lowest BCUT2D eigenvalue weighted by Crippen LogP contribution is -2.21. The van der Waals surface area contributed by atoms with E-state index in [0.717, 1.165) is 12.1 Å². The number of aromatic nitrogens is 2. The first-order valence-corrected chi connectivity index (χ1v) is 6.75. The van der Waals surface area contributed by atoms with Crippen molar-refractivity contribution in [2.24, 2.45) is 4.99 Å². The van der Waals surface area contributed by atoms with Gasteiger partial charge in [-0.2, -0.15) is 18.2 Å². The lowest BCUT2D eigenvalue weighted by Gasteiger charge is -2.12. The number of methoxy groups -OCH3 is 1. The highest BCUT2D eigenvalue weighted by Gasteiger charge is 2.30. The van der Waals surface area contributed by atoms with Gasteiger partial charge in [0.25, 0.3) is 0 Å². The molecule has 24 heavy (non-hydrogen) atoms. The minimum absolute atomic E-state index is 0.128. The van der Waals surface area contributed by atoms with Crippen LogP contribution in [0.2, 0.25) is 0 Å². The van der Waals surface area contributed by atoms with Crippen LogP contribution in [0.1, 0.15) is 11.3 Å². The van der Waals surface area contributed by atoms with Crippen molar-refractivity contribution in [2.45, 2.75) is 6.18 Å². The van der Waals surface area contributed by atoms with Gasteiger partial charge in [-0.25, -0.2) is 15.5 Å². The molecule has 1 aliphatic rings. The van der Waals surface area contributed by atoms with Crippen LogP contribution in [0, 0.1) is 0 Å². The maximum absolute atomic E-state index is 12.6. The predicted molar refractivity (Wildman–Crippen MR) is 78.9 cm³/mol. The van der Waals surface area contributed by atoms with Crippen molar-refractivity contribution in [3.63, 3.8) is 0 Å². The Hall–Kier alpha value is -2.88. The number of amidine groups is 1. The maximum Gasteiger partial charge on any atom is 0.416 e. The minimum Gasteiger partial charge on any atom is -0.480 e. The number of halogens is 3. The van der Waals surface area contributed by atoms with Crippen LogP contribution in [-0.2, 0) is 11.0 Å². The number of ether oxygens (including phenoxy) is 1. The standard InChI is InChI=1S/C14H12F3N5O2/c1-23-10-6-18-11(12-19-7-24-22-12)13(21-10)20-9-4-2-8(3-5-9)14(15,16)17/h2-6H,7H2,1H3,(H,19,22)(H,20,21). The SMILES string of the molecule is COc1cnc(C2=NCON2)c(Nc2ccc(C(F)(F)F)cc2)n1. The molecule has 2 N–H and O–H groups in total. The second-order valence-electron chi connectivity index (χ2n) is 4.69. The third-order valence-corrected chi connectivity index (χ3v) is 3.11. The molecule has 7 nitrogen and oxygen atoms in total. The molecule has 1 aliphatic heterocycles. The normalized spacial score (nSPS) is 14.1. The Balaban J connectivity index is 1.90. The molecule has 0 unspecified atom stereocenters. The summed E-state index contributed by atoms with van der Waals surface area (Å²) in [5, 5.41) is 2.91. The molecule has 10 heteroatoms. The van der Waals surface area contributed by atoms with Gasteiger partial charge in [-0.3, -0.25) is 4.84 Å². The van der Waals surface area contributed by atoms with E-state index in [0.29, 0.717) is 17.2 Å².